The fourth-order valence-electron chi connectivity index (χ4n) is 22.7. The van der Waals surface area contributed by atoms with E-state index >= 15 is 0 Å². The SMILES string of the molecule is C.C.CC1=C[C@H]2[C@@]3(O)[C@H](C)C[C@]4(OC(=O)CC5CC6(C5)CN(C(=O)OC(C)(C)C)C6)[C@H]([C@@H]3C=C(CO)C[C@]2(O)C1=O)C4(C)C.CC1=C[C@H]2[C@@]3(O)[C@H](C)C[C@]4(OC(=O)CC5CC6(C5)CN(C(=O)OC(C)(C)C)C6)[C@H]([C@@H]3C=C(COC(c3ccccc3)(c3ccccc3)c3ccccc3)C[C@]2(O)C1=O)C4(C)C. The second-order valence-electron chi connectivity index (χ2n) is 37.2. The van der Waals surface area contributed by atoms with Crippen molar-refractivity contribution in [2.24, 2.45) is 80.8 Å². The highest BCUT2D eigenvalue weighted by Gasteiger charge is 2.85. The minimum absolute atomic E-state index is 0. The Morgan fingerprint density at radius 1 is 0.505 bits per heavy atom. The molecule has 2 heterocycles. The normalized spacial score (nSPS) is 35.2. The summed E-state index contributed by atoms with van der Waals surface area (Å²) in [5.41, 5.74) is -6.23. The summed E-state index contributed by atoms with van der Waals surface area (Å²) in [6.07, 6.45) is 11.8. The van der Waals surface area contributed by atoms with Gasteiger partial charge in [0.2, 0.25) is 0 Å². The van der Waals surface area contributed by atoms with Gasteiger partial charge in [0.05, 0.1) is 24.4 Å². The van der Waals surface area contributed by atoms with Crippen LogP contribution in [0.3, 0.4) is 0 Å². The molecule has 18 heteroatoms. The number of hydrogen-bond donors (Lipinski definition) is 5. The quantitative estimate of drug-likeness (QED) is 0.0461. The largest absolute Gasteiger partial charge is 0.458 e. The Bertz CT molecular complexity index is 3940. The molecule has 0 aromatic heterocycles. The number of Topliss-reactive ketones (excluding diaryl/α,β-unsaturated/α-hetero) is 2. The zero-order valence-corrected chi connectivity index (χ0v) is 62.7. The molecule has 18 nitrogen and oxygen atoms in total. The van der Waals surface area contributed by atoms with Crippen LogP contribution in [0.15, 0.2) is 138 Å². The molecule has 0 bridgehead atoms. The van der Waals surface area contributed by atoms with Crippen molar-refractivity contribution in [1.82, 2.24) is 9.80 Å². The van der Waals surface area contributed by atoms with Crippen LogP contribution >= 0.6 is 0 Å². The maximum absolute atomic E-state index is 14.1. The first-order valence-corrected chi connectivity index (χ1v) is 37.7. The lowest BCUT2D eigenvalue weighted by atomic mass is 9.57. The summed E-state index contributed by atoms with van der Waals surface area (Å²) >= 11 is 0. The lowest BCUT2D eigenvalue weighted by Crippen LogP contribution is -2.64. The highest BCUT2D eigenvalue weighted by Crippen LogP contribution is 2.78. The van der Waals surface area contributed by atoms with Gasteiger partial charge >= 0.3 is 24.1 Å². The van der Waals surface area contributed by atoms with E-state index in [1.165, 1.54) is 0 Å². The number of ether oxygens (including phenoxy) is 5. The first-order valence-electron chi connectivity index (χ1n) is 37.7. The number of carbonyl (C=O) groups excluding carboxylic acids is 6. The van der Waals surface area contributed by atoms with E-state index in [1.54, 1.807) is 35.8 Å². The third kappa shape index (κ3) is 12.2. The van der Waals surface area contributed by atoms with Crippen molar-refractivity contribution in [3.05, 3.63) is 154 Å². The zero-order chi connectivity index (χ0) is 74.2. The van der Waals surface area contributed by atoms with Crippen LogP contribution in [-0.2, 0) is 48.5 Å². The van der Waals surface area contributed by atoms with Crippen molar-refractivity contribution in [1.29, 1.82) is 0 Å². The van der Waals surface area contributed by atoms with Crippen molar-refractivity contribution in [3.8, 4) is 0 Å². The number of rotatable bonds is 13. The molecular formula is C87H116N2O16. The minimum atomic E-state index is -1.87. The summed E-state index contributed by atoms with van der Waals surface area (Å²) in [4.78, 5) is 83.0. The average molecular weight is 1450 g/mol. The summed E-state index contributed by atoms with van der Waals surface area (Å²) in [6.45, 7) is 29.2. The maximum atomic E-state index is 14.1. The number of esters is 2. The summed E-state index contributed by atoms with van der Waals surface area (Å²) < 4.78 is 31.4. The van der Waals surface area contributed by atoms with Gasteiger partial charge in [-0.3, -0.25) is 19.2 Å². The van der Waals surface area contributed by atoms with E-state index in [2.05, 4.69) is 70.2 Å². The first kappa shape index (κ1) is 77.8. The standard InChI is InChI=1S/C52H61NO8.C33H47NO8.2CH4/c1-33-23-41-49(57,44(33)55)29-36(30-59-52(37-17-11-8-12-18-37,38-19-13-9-14-20-38)39-21-15-10-16-22-39)24-40-43-47(6,7)50(43,26-34(2)51(40,41)58)60-42(54)25-35-27-48(28-35)31-53(32-48)45(56)61-46(3,4)5;1-18-8-23-31(39,26(18)37)14-21(15-35)9-22-25-29(6,7)32(25,11-19(2)33(22,23)40)41-24(36)10-20-12-30(13-20)16-34(17-30)27(38)42-28(3,4)5;;/h8-24,34-35,40-41,43,57-58H,25-32H2,1-7H3;8-9,19-20,22-23,25,35,39-40H,10-17H2,1-7H3;2*1H4/t34-,40+,41-,43-,49-,50+,51-;19-,22+,23-,25-,31-,32+,33-;;/m11../s1. The Labute approximate surface area is 621 Å². The van der Waals surface area contributed by atoms with E-state index in [0.29, 0.717) is 68.6 Å². The van der Waals surface area contributed by atoms with Gasteiger partial charge in [-0.15, -0.1) is 0 Å². The second kappa shape index (κ2) is 25.9. The van der Waals surface area contributed by atoms with Crippen LogP contribution in [0.1, 0.15) is 193 Å². The number of carbonyl (C=O) groups is 6. The Kier molecular flexibility index (Phi) is 19.2. The molecule has 0 radical (unpaired) electrons. The molecule has 105 heavy (non-hydrogen) atoms. The molecule has 2 amide bonds. The minimum Gasteiger partial charge on any atom is -0.458 e. The zero-order valence-electron chi connectivity index (χ0n) is 62.7. The Morgan fingerprint density at radius 3 is 1.17 bits per heavy atom. The van der Waals surface area contributed by atoms with Crippen molar-refractivity contribution in [3.63, 3.8) is 0 Å². The van der Waals surface area contributed by atoms with E-state index in [9.17, 15) is 54.3 Å². The number of fused-ring (bicyclic) bond motifs is 10. The predicted octanol–water partition coefficient (Wildman–Crippen LogP) is 13.4. The molecule has 8 fully saturated rings. The maximum Gasteiger partial charge on any atom is 0.410 e. The number of aliphatic hydroxyl groups excluding tert-OH is 1. The van der Waals surface area contributed by atoms with Crippen molar-refractivity contribution < 1.29 is 78.0 Å². The lowest BCUT2D eigenvalue weighted by molar-refractivity contribution is -0.189. The van der Waals surface area contributed by atoms with E-state index in [0.717, 1.165) is 47.9 Å². The molecule has 12 aliphatic rings. The van der Waals surface area contributed by atoms with Crippen LogP contribution in [0, 0.1) is 80.8 Å². The lowest BCUT2D eigenvalue weighted by Gasteiger charge is -2.58. The van der Waals surface area contributed by atoms with Gasteiger partial charge in [-0.25, -0.2) is 9.59 Å². The number of ketones is 2. The molecule has 2 aliphatic heterocycles. The van der Waals surface area contributed by atoms with Crippen LogP contribution in [0.25, 0.3) is 0 Å². The summed E-state index contributed by atoms with van der Waals surface area (Å²) in [5, 5.41) is 60.2. The summed E-state index contributed by atoms with van der Waals surface area (Å²) in [5.74, 6) is -4.87. The summed E-state index contributed by atoms with van der Waals surface area (Å²) in [7, 11) is 0. The van der Waals surface area contributed by atoms with Crippen LogP contribution in [-0.4, -0.2) is 155 Å². The van der Waals surface area contributed by atoms with Crippen molar-refractivity contribution >= 4 is 35.7 Å². The number of likely N-dealkylation sites (tertiary alicyclic amines) is 2. The average Bonchev–Trinajstić information content (AvgIpc) is 1.48. The Hall–Kier alpha value is -6.80. The highest BCUT2D eigenvalue weighted by atomic mass is 16.6. The molecule has 570 valence electrons. The molecule has 3 aromatic carbocycles. The third-order valence-corrected chi connectivity index (χ3v) is 27.4. The molecule has 0 unspecified atom stereocenters. The van der Waals surface area contributed by atoms with Gasteiger partial charge in [0, 0.05) is 109 Å². The fourth-order valence-corrected chi connectivity index (χ4v) is 22.7. The summed E-state index contributed by atoms with van der Waals surface area (Å²) in [6, 6.07) is 30.3. The number of amides is 2. The van der Waals surface area contributed by atoms with E-state index in [1.807, 2.05) is 116 Å². The van der Waals surface area contributed by atoms with Gasteiger partial charge in [0.15, 0.2) is 11.6 Å². The molecule has 14 atom stereocenters. The van der Waals surface area contributed by atoms with Crippen LogP contribution in [0.5, 0.6) is 0 Å². The number of aliphatic hydroxyl groups is 5. The smallest absolute Gasteiger partial charge is 0.410 e. The van der Waals surface area contributed by atoms with E-state index in [-0.39, 0.29) is 111 Å². The van der Waals surface area contributed by atoms with Gasteiger partial charge < -0.3 is 59.0 Å². The Morgan fingerprint density at radius 2 is 0.838 bits per heavy atom. The Balaban J connectivity index is 0.000000206. The van der Waals surface area contributed by atoms with Crippen LogP contribution in [0.2, 0.25) is 0 Å². The molecule has 15 rings (SSSR count). The van der Waals surface area contributed by atoms with Gasteiger partial charge in [-0.2, -0.15) is 0 Å². The molecule has 2 spiro atoms. The number of nitrogens with zero attached hydrogens (tertiary/aromatic N) is 2. The fraction of sp³-hybridized carbons (Fsp3) is 0.632. The predicted molar refractivity (Wildman–Crippen MR) is 397 cm³/mol. The second-order valence-corrected chi connectivity index (χ2v) is 37.2. The molecule has 2 saturated heterocycles. The number of hydrogen-bond acceptors (Lipinski definition) is 16. The third-order valence-electron chi connectivity index (χ3n) is 27.4. The van der Waals surface area contributed by atoms with Gasteiger partial charge in [0.25, 0.3) is 0 Å². The van der Waals surface area contributed by atoms with Crippen molar-refractivity contribution in [2.75, 3.05) is 39.4 Å². The molecule has 5 N–H and O–H groups in total. The van der Waals surface area contributed by atoms with Crippen molar-refractivity contribution in [2.45, 2.75) is 226 Å². The van der Waals surface area contributed by atoms with Crippen LogP contribution in [0.4, 0.5) is 9.59 Å². The van der Waals surface area contributed by atoms with Gasteiger partial charge in [-0.1, -0.05) is 172 Å². The first-order chi connectivity index (χ1) is 48.1. The molecular weight excluding hydrogens is 1330 g/mol. The highest BCUT2D eigenvalue weighted by molar-refractivity contribution is 6.05. The molecule has 3 aromatic rings. The van der Waals surface area contributed by atoms with E-state index in [4.69, 9.17) is 23.7 Å². The van der Waals surface area contributed by atoms with E-state index < -0.39 is 96.6 Å². The molecule has 10 aliphatic carbocycles. The van der Waals surface area contributed by atoms with Gasteiger partial charge in [0.1, 0.15) is 39.2 Å². The van der Waals surface area contributed by atoms with Gasteiger partial charge in [-0.05, 0) is 157 Å². The topological polar surface area (TPSA) is 256 Å². The number of benzene rings is 3. The monoisotopic (exact) mass is 1440 g/mol. The van der Waals surface area contributed by atoms with Crippen LogP contribution < -0.4 is 0 Å². The molecule has 6 saturated carbocycles.